The van der Waals surface area contributed by atoms with Gasteiger partial charge >= 0.3 is 0 Å². The van der Waals surface area contributed by atoms with E-state index in [9.17, 15) is 0 Å². The Balaban J connectivity index is 1.53. The van der Waals surface area contributed by atoms with Crippen LogP contribution in [0.2, 0.25) is 0 Å². The van der Waals surface area contributed by atoms with Crippen LogP contribution in [-0.2, 0) is 19.5 Å². The van der Waals surface area contributed by atoms with E-state index < -0.39 is 0 Å². The Hall–Kier alpha value is -2.46. The topological polar surface area (TPSA) is 44.8 Å². The van der Waals surface area contributed by atoms with E-state index >= 15 is 0 Å². The summed E-state index contributed by atoms with van der Waals surface area (Å²) in [5.41, 5.74) is 7.42. The molecule has 0 spiro atoms. The van der Waals surface area contributed by atoms with Gasteiger partial charge in [0.2, 0.25) is 0 Å². The third-order valence-corrected chi connectivity index (χ3v) is 4.68. The molecule has 0 aliphatic carbocycles. The molecule has 2 aromatic heterocycles. The summed E-state index contributed by atoms with van der Waals surface area (Å²) in [6.07, 6.45) is 2.99. The summed E-state index contributed by atoms with van der Waals surface area (Å²) in [6, 6.07) is 12.4. The molecule has 0 saturated carbocycles. The molecule has 4 heteroatoms. The quantitative estimate of drug-likeness (QED) is 0.802. The van der Waals surface area contributed by atoms with Crippen LogP contribution in [0.15, 0.2) is 42.6 Å². The fourth-order valence-corrected chi connectivity index (χ4v) is 3.41. The zero-order valence-corrected chi connectivity index (χ0v) is 14.2. The highest BCUT2D eigenvalue weighted by molar-refractivity contribution is 5.54. The highest BCUT2D eigenvalue weighted by Crippen LogP contribution is 2.22. The normalized spacial score (nSPS) is 14.6. The first kappa shape index (κ1) is 15.1. The fraction of sp³-hybridized carbons (Fsp3) is 0.300. The van der Waals surface area contributed by atoms with Gasteiger partial charge in [0.15, 0.2) is 5.82 Å². The Morgan fingerprint density at radius 1 is 1.17 bits per heavy atom. The molecule has 24 heavy (non-hydrogen) atoms. The highest BCUT2D eigenvalue weighted by Gasteiger charge is 2.19. The van der Waals surface area contributed by atoms with Crippen molar-refractivity contribution in [1.82, 2.24) is 19.9 Å². The van der Waals surface area contributed by atoms with Crippen LogP contribution < -0.4 is 0 Å². The van der Waals surface area contributed by atoms with E-state index in [1.165, 1.54) is 28.2 Å². The molecular formula is C20H22N4. The molecule has 4 nitrogen and oxygen atoms in total. The Morgan fingerprint density at radius 3 is 2.75 bits per heavy atom. The van der Waals surface area contributed by atoms with Crippen LogP contribution in [0.3, 0.4) is 0 Å². The molecule has 0 atom stereocenters. The van der Waals surface area contributed by atoms with Crippen LogP contribution in [0.25, 0.3) is 11.4 Å². The van der Waals surface area contributed by atoms with Crippen molar-refractivity contribution in [3.63, 3.8) is 0 Å². The molecule has 3 heterocycles. The number of nitrogens with zero attached hydrogens (tertiary/aromatic N) is 3. The summed E-state index contributed by atoms with van der Waals surface area (Å²) in [4.78, 5) is 15.3. The predicted molar refractivity (Wildman–Crippen MR) is 95.6 cm³/mol. The van der Waals surface area contributed by atoms with Crippen LogP contribution >= 0.6 is 0 Å². The Bertz CT molecular complexity index is 851. The number of nitrogens with one attached hydrogen (secondary N) is 1. The van der Waals surface area contributed by atoms with Gasteiger partial charge in [-0.15, -0.1) is 0 Å². The van der Waals surface area contributed by atoms with Gasteiger partial charge in [0.05, 0.1) is 5.69 Å². The minimum absolute atomic E-state index is 0.832. The van der Waals surface area contributed by atoms with Gasteiger partial charge in [-0.25, -0.2) is 9.97 Å². The van der Waals surface area contributed by atoms with Crippen LogP contribution in [-0.4, -0.2) is 26.4 Å². The van der Waals surface area contributed by atoms with E-state index in [-0.39, 0.29) is 0 Å². The lowest BCUT2D eigenvalue weighted by molar-refractivity contribution is 0.240. The average Bonchev–Trinajstić information content (AvgIpc) is 2.92. The molecule has 122 valence electrons. The van der Waals surface area contributed by atoms with Crippen LogP contribution in [0.1, 0.15) is 28.2 Å². The van der Waals surface area contributed by atoms with Gasteiger partial charge in [0.1, 0.15) is 0 Å². The van der Waals surface area contributed by atoms with Gasteiger partial charge in [-0.2, -0.15) is 0 Å². The number of hydrogen-bond acceptors (Lipinski definition) is 3. The molecule has 0 saturated heterocycles. The molecule has 1 N–H and O–H groups in total. The molecule has 4 rings (SSSR count). The molecule has 0 fully saturated rings. The summed E-state index contributed by atoms with van der Waals surface area (Å²) in [5, 5.41) is 0. The number of aromatic amines is 1. The Morgan fingerprint density at radius 2 is 2.00 bits per heavy atom. The molecule has 1 aliphatic heterocycles. The van der Waals surface area contributed by atoms with Crippen molar-refractivity contribution in [2.24, 2.45) is 0 Å². The van der Waals surface area contributed by atoms with Crippen molar-refractivity contribution in [3.05, 3.63) is 70.8 Å². The van der Waals surface area contributed by atoms with Gasteiger partial charge in [0.25, 0.3) is 0 Å². The van der Waals surface area contributed by atoms with Crippen molar-refractivity contribution in [2.45, 2.75) is 33.4 Å². The molecular weight excluding hydrogens is 296 g/mol. The largest absolute Gasteiger partial charge is 0.361 e. The second kappa shape index (κ2) is 6.21. The standard InChI is InChI=1S/C20H22N4/c1-14-10-15(2)22-19(14)13-24-9-8-18-17(12-24)11-21-20(23-18)16-6-4-3-5-7-16/h3-7,10-11,22H,8-9,12-13H2,1-2H3. The van der Waals surface area contributed by atoms with Gasteiger partial charge in [-0.3, -0.25) is 4.90 Å². The molecule has 3 aromatic rings. The monoisotopic (exact) mass is 318 g/mol. The van der Waals surface area contributed by atoms with E-state index in [2.05, 4.69) is 46.9 Å². The third-order valence-electron chi connectivity index (χ3n) is 4.68. The van der Waals surface area contributed by atoms with Crippen molar-refractivity contribution >= 4 is 0 Å². The summed E-state index contributed by atoms with van der Waals surface area (Å²) in [7, 11) is 0. The second-order valence-corrected chi connectivity index (χ2v) is 6.61. The summed E-state index contributed by atoms with van der Waals surface area (Å²) < 4.78 is 0. The minimum atomic E-state index is 0.832. The number of hydrogen-bond donors (Lipinski definition) is 1. The lowest BCUT2D eigenvalue weighted by Gasteiger charge is -2.28. The van der Waals surface area contributed by atoms with Gasteiger partial charge in [0, 0.05) is 54.8 Å². The van der Waals surface area contributed by atoms with Crippen molar-refractivity contribution in [2.75, 3.05) is 6.54 Å². The lowest BCUT2D eigenvalue weighted by atomic mass is 10.1. The van der Waals surface area contributed by atoms with E-state index in [4.69, 9.17) is 4.98 Å². The van der Waals surface area contributed by atoms with E-state index in [0.717, 1.165) is 37.4 Å². The first-order valence-corrected chi connectivity index (χ1v) is 8.47. The van der Waals surface area contributed by atoms with Gasteiger partial charge in [-0.1, -0.05) is 30.3 Å². The molecule has 1 aliphatic rings. The van der Waals surface area contributed by atoms with Crippen LogP contribution in [0.5, 0.6) is 0 Å². The SMILES string of the molecule is Cc1cc(C)c(CN2CCc3nc(-c4ccccc4)ncc3C2)[nH]1. The lowest BCUT2D eigenvalue weighted by Crippen LogP contribution is -2.31. The number of H-pyrrole nitrogens is 1. The molecule has 0 amide bonds. The second-order valence-electron chi connectivity index (χ2n) is 6.61. The number of benzene rings is 1. The maximum absolute atomic E-state index is 4.80. The van der Waals surface area contributed by atoms with E-state index in [1.54, 1.807) is 0 Å². The average molecular weight is 318 g/mol. The minimum Gasteiger partial charge on any atom is -0.361 e. The van der Waals surface area contributed by atoms with Crippen LogP contribution in [0.4, 0.5) is 0 Å². The molecule has 0 bridgehead atoms. The van der Waals surface area contributed by atoms with E-state index in [0.29, 0.717) is 0 Å². The Labute approximate surface area is 142 Å². The third kappa shape index (κ3) is 2.97. The van der Waals surface area contributed by atoms with Gasteiger partial charge in [-0.05, 0) is 25.5 Å². The molecule has 1 aromatic carbocycles. The summed E-state index contributed by atoms with van der Waals surface area (Å²) in [6.45, 7) is 7.20. The first-order chi connectivity index (χ1) is 11.7. The Kier molecular flexibility index (Phi) is 3.90. The number of aromatic nitrogens is 3. The maximum atomic E-state index is 4.80. The van der Waals surface area contributed by atoms with Crippen molar-refractivity contribution in [1.29, 1.82) is 0 Å². The molecule has 0 unspecified atom stereocenters. The van der Waals surface area contributed by atoms with Gasteiger partial charge < -0.3 is 4.98 Å². The first-order valence-electron chi connectivity index (χ1n) is 8.47. The zero-order valence-electron chi connectivity index (χ0n) is 14.2. The maximum Gasteiger partial charge on any atom is 0.159 e. The summed E-state index contributed by atoms with van der Waals surface area (Å²) in [5.74, 6) is 0.832. The van der Waals surface area contributed by atoms with Crippen molar-refractivity contribution in [3.8, 4) is 11.4 Å². The fourth-order valence-electron chi connectivity index (χ4n) is 3.41. The van der Waals surface area contributed by atoms with Crippen LogP contribution in [0, 0.1) is 13.8 Å². The zero-order chi connectivity index (χ0) is 16.5. The molecule has 0 radical (unpaired) electrons. The number of aryl methyl sites for hydroxylation is 2. The summed E-state index contributed by atoms with van der Waals surface area (Å²) >= 11 is 0. The smallest absolute Gasteiger partial charge is 0.159 e. The number of fused-ring (bicyclic) bond motifs is 1. The predicted octanol–water partition coefficient (Wildman–Crippen LogP) is 3.65. The van der Waals surface area contributed by atoms with E-state index in [1.807, 2.05) is 24.4 Å². The highest BCUT2D eigenvalue weighted by atomic mass is 15.1. The number of rotatable bonds is 3. The van der Waals surface area contributed by atoms with Crippen molar-refractivity contribution < 1.29 is 0 Å².